The maximum absolute atomic E-state index is 11.5. The average molecular weight is 290 g/mol. The molecule has 0 aromatic heterocycles. The first-order valence-corrected chi connectivity index (χ1v) is 7.20. The lowest BCUT2D eigenvalue weighted by Gasteiger charge is -2.19. The zero-order chi connectivity index (χ0) is 16.0. The maximum Gasteiger partial charge on any atom is 0.407 e. The molecule has 3 N–H and O–H groups in total. The van der Waals surface area contributed by atoms with Crippen molar-refractivity contribution in [1.82, 2.24) is 5.32 Å². The largest absolute Gasteiger partial charge is 0.444 e. The Hall–Kier alpha value is -1.97. The smallest absolute Gasteiger partial charge is 0.407 e. The Morgan fingerprint density at radius 3 is 2.57 bits per heavy atom. The van der Waals surface area contributed by atoms with Crippen LogP contribution in [0.25, 0.3) is 6.08 Å². The molecule has 0 spiro atoms. The van der Waals surface area contributed by atoms with Crippen LogP contribution in [0.5, 0.6) is 0 Å². The minimum absolute atomic E-state index is 0.379. The first kappa shape index (κ1) is 17.1. The number of benzene rings is 1. The second-order valence-corrected chi connectivity index (χ2v) is 6.11. The monoisotopic (exact) mass is 290 g/mol. The number of nitrogen functional groups attached to an aromatic ring is 1. The molecular formula is C17H26N2O2. The number of hydrogen-bond acceptors (Lipinski definition) is 3. The van der Waals surface area contributed by atoms with Crippen LogP contribution in [0.4, 0.5) is 10.5 Å². The molecule has 0 aliphatic rings. The van der Waals surface area contributed by atoms with E-state index < -0.39 is 5.60 Å². The summed E-state index contributed by atoms with van der Waals surface area (Å²) in [6, 6.07) is 3.93. The average Bonchev–Trinajstić information content (AvgIpc) is 2.36. The molecular weight excluding hydrogens is 264 g/mol. The third-order valence-electron chi connectivity index (χ3n) is 3.15. The maximum atomic E-state index is 11.5. The summed E-state index contributed by atoms with van der Waals surface area (Å²) in [6.45, 7) is 10.2. The first-order valence-electron chi connectivity index (χ1n) is 7.20. The van der Waals surface area contributed by atoms with Crippen molar-refractivity contribution in [3.63, 3.8) is 0 Å². The van der Waals surface area contributed by atoms with Crippen LogP contribution in [0.1, 0.15) is 43.9 Å². The molecule has 1 aromatic rings. The van der Waals surface area contributed by atoms with Crippen LogP contribution >= 0.6 is 0 Å². The Labute approximate surface area is 127 Å². The summed E-state index contributed by atoms with van der Waals surface area (Å²) < 4.78 is 5.16. The molecule has 1 aromatic carbocycles. The van der Waals surface area contributed by atoms with E-state index in [9.17, 15) is 4.79 Å². The van der Waals surface area contributed by atoms with Crippen molar-refractivity contribution < 1.29 is 9.53 Å². The number of carbonyl (C=O) groups excluding carboxylic acids is 1. The van der Waals surface area contributed by atoms with Crippen LogP contribution in [0.2, 0.25) is 0 Å². The van der Waals surface area contributed by atoms with Crippen LogP contribution in [0.3, 0.4) is 0 Å². The van der Waals surface area contributed by atoms with Gasteiger partial charge in [-0.25, -0.2) is 4.79 Å². The van der Waals surface area contributed by atoms with E-state index in [1.807, 2.05) is 45.9 Å². The highest BCUT2D eigenvalue weighted by Gasteiger charge is 2.15. The molecule has 116 valence electrons. The minimum Gasteiger partial charge on any atom is -0.444 e. The summed E-state index contributed by atoms with van der Waals surface area (Å²) in [6.07, 6.45) is 4.46. The molecule has 0 aliphatic carbocycles. The van der Waals surface area contributed by atoms with Gasteiger partial charge in [-0.05, 0) is 63.8 Å². The van der Waals surface area contributed by atoms with E-state index >= 15 is 0 Å². The Bertz CT molecular complexity index is 528. The van der Waals surface area contributed by atoms with Crippen molar-refractivity contribution in [2.24, 2.45) is 0 Å². The molecule has 21 heavy (non-hydrogen) atoms. The summed E-state index contributed by atoms with van der Waals surface area (Å²) in [5, 5.41) is 2.73. The zero-order valence-corrected chi connectivity index (χ0v) is 13.6. The number of ether oxygens (including phenoxy) is 1. The molecule has 0 aliphatic heterocycles. The summed E-state index contributed by atoms with van der Waals surface area (Å²) >= 11 is 0. The first-order chi connectivity index (χ1) is 9.70. The molecule has 0 heterocycles. The van der Waals surface area contributed by atoms with Gasteiger partial charge in [0.2, 0.25) is 0 Å². The molecule has 0 saturated heterocycles. The van der Waals surface area contributed by atoms with Gasteiger partial charge in [-0.15, -0.1) is 0 Å². The molecule has 1 rings (SSSR count). The molecule has 0 saturated carbocycles. The van der Waals surface area contributed by atoms with Crippen molar-refractivity contribution in [3.8, 4) is 0 Å². The van der Waals surface area contributed by atoms with Gasteiger partial charge >= 0.3 is 6.09 Å². The van der Waals surface area contributed by atoms with Gasteiger partial charge in [-0.3, -0.25) is 0 Å². The number of rotatable bonds is 4. The number of nitrogens with one attached hydrogen (secondary N) is 1. The summed E-state index contributed by atoms with van der Waals surface area (Å²) in [5.74, 6) is 0. The normalized spacial score (nSPS) is 11.7. The van der Waals surface area contributed by atoms with E-state index in [2.05, 4.69) is 18.3 Å². The van der Waals surface area contributed by atoms with Gasteiger partial charge in [0, 0.05) is 12.2 Å². The van der Waals surface area contributed by atoms with E-state index in [0.29, 0.717) is 6.54 Å². The fourth-order valence-electron chi connectivity index (χ4n) is 1.83. The van der Waals surface area contributed by atoms with Gasteiger partial charge in [-0.1, -0.05) is 18.2 Å². The highest BCUT2D eigenvalue weighted by molar-refractivity contribution is 5.67. The molecule has 4 nitrogen and oxygen atoms in total. The topological polar surface area (TPSA) is 64.3 Å². The highest BCUT2D eigenvalue weighted by Crippen LogP contribution is 2.20. The van der Waals surface area contributed by atoms with Gasteiger partial charge in [0.15, 0.2) is 0 Å². The minimum atomic E-state index is -0.460. The van der Waals surface area contributed by atoms with E-state index in [4.69, 9.17) is 10.5 Å². The number of amides is 1. The second kappa shape index (κ2) is 7.16. The van der Waals surface area contributed by atoms with Gasteiger partial charge < -0.3 is 15.8 Å². The summed E-state index contributed by atoms with van der Waals surface area (Å²) in [5.41, 5.74) is 9.67. The molecule has 0 bridgehead atoms. The SMILES string of the molecule is Cc1c(N)ccc(C=CCCNC(=O)OC(C)(C)C)c1C. The van der Waals surface area contributed by atoms with Crippen molar-refractivity contribution in [2.75, 3.05) is 12.3 Å². The van der Waals surface area contributed by atoms with Crippen molar-refractivity contribution in [2.45, 2.75) is 46.6 Å². The summed E-state index contributed by atoms with van der Waals surface area (Å²) in [4.78, 5) is 11.5. The van der Waals surface area contributed by atoms with E-state index in [1.165, 1.54) is 5.56 Å². The quantitative estimate of drug-likeness (QED) is 0.654. The third-order valence-corrected chi connectivity index (χ3v) is 3.15. The lowest BCUT2D eigenvalue weighted by molar-refractivity contribution is 0.0529. The Morgan fingerprint density at radius 2 is 1.95 bits per heavy atom. The lowest BCUT2D eigenvalue weighted by atomic mass is 10.0. The van der Waals surface area contributed by atoms with Crippen LogP contribution in [-0.4, -0.2) is 18.2 Å². The van der Waals surface area contributed by atoms with Crippen LogP contribution in [0.15, 0.2) is 18.2 Å². The fourth-order valence-corrected chi connectivity index (χ4v) is 1.83. The van der Waals surface area contributed by atoms with Crippen molar-refractivity contribution >= 4 is 17.9 Å². The predicted octanol–water partition coefficient (Wildman–Crippen LogP) is 3.81. The zero-order valence-electron chi connectivity index (χ0n) is 13.6. The fraction of sp³-hybridized carbons (Fsp3) is 0.471. The molecule has 0 radical (unpaired) electrons. The van der Waals surface area contributed by atoms with E-state index in [0.717, 1.165) is 23.2 Å². The number of hydrogen-bond donors (Lipinski definition) is 2. The molecule has 0 fully saturated rings. The van der Waals surface area contributed by atoms with E-state index in [-0.39, 0.29) is 6.09 Å². The van der Waals surface area contributed by atoms with E-state index in [1.54, 1.807) is 0 Å². The lowest BCUT2D eigenvalue weighted by Crippen LogP contribution is -2.32. The Balaban J connectivity index is 2.43. The van der Waals surface area contributed by atoms with Crippen LogP contribution < -0.4 is 11.1 Å². The van der Waals surface area contributed by atoms with Gasteiger partial charge in [0.05, 0.1) is 0 Å². The number of anilines is 1. The standard InChI is InChI=1S/C17H26N2O2/c1-12-13(2)15(18)10-9-14(12)8-6-7-11-19-16(20)21-17(3,4)5/h6,8-10H,7,11,18H2,1-5H3,(H,19,20). The van der Waals surface area contributed by atoms with Crippen LogP contribution in [0, 0.1) is 13.8 Å². The molecule has 0 atom stereocenters. The van der Waals surface area contributed by atoms with Crippen molar-refractivity contribution in [3.05, 3.63) is 34.9 Å². The number of nitrogens with two attached hydrogens (primary N) is 1. The summed E-state index contributed by atoms with van der Waals surface area (Å²) in [7, 11) is 0. The van der Waals surface area contributed by atoms with Gasteiger partial charge in [-0.2, -0.15) is 0 Å². The number of carbonyl (C=O) groups is 1. The Kier molecular flexibility index (Phi) is 5.82. The highest BCUT2D eigenvalue weighted by atomic mass is 16.6. The second-order valence-electron chi connectivity index (χ2n) is 6.11. The van der Waals surface area contributed by atoms with Crippen LogP contribution in [-0.2, 0) is 4.74 Å². The molecule has 1 amide bonds. The molecule has 4 heteroatoms. The van der Waals surface area contributed by atoms with Gasteiger partial charge in [0.1, 0.15) is 5.60 Å². The molecule has 0 unspecified atom stereocenters. The number of alkyl carbamates (subject to hydrolysis) is 1. The third kappa shape index (κ3) is 5.90. The van der Waals surface area contributed by atoms with Crippen molar-refractivity contribution in [1.29, 1.82) is 0 Å². The van der Waals surface area contributed by atoms with Gasteiger partial charge in [0.25, 0.3) is 0 Å². The predicted molar refractivity (Wildman–Crippen MR) is 88.2 cm³/mol. The Morgan fingerprint density at radius 1 is 1.29 bits per heavy atom.